The largest absolute Gasteiger partial charge is 0.383 e. The highest BCUT2D eigenvalue weighted by Crippen LogP contribution is 2.39. The van der Waals surface area contributed by atoms with E-state index in [-0.39, 0.29) is 0 Å². The highest BCUT2D eigenvalue weighted by atomic mass is 15.0. The summed E-state index contributed by atoms with van der Waals surface area (Å²) in [5.74, 6) is 1.33. The predicted molar refractivity (Wildman–Crippen MR) is 81.0 cm³/mol. The molecule has 0 radical (unpaired) electrons. The molecule has 0 atom stereocenters. The van der Waals surface area contributed by atoms with Crippen molar-refractivity contribution < 1.29 is 0 Å². The number of hydrogen-bond acceptors (Lipinski definition) is 4. The zero-order chi connectivity index (χ0) is 14.2. The number of nitrogen functional groups attached to an aromatic ring is 1. The molecule has 5 heteroatoms. The molecular formula is C16H17N5. The Morgan fingerprint density at radius 1 is 1.19 bits per heavy atom. The SMILES string of the molecule is Nc1ncncc1CCc1cn2cc(C3CC3)ccc2n1. The first kappa shape index (κ1) is 12.3. The van der Waals surface area contributed by atoms with Gasteiger partial charge >= 0.3 is 0 Å². The molecule has 1 aliphatic rings. The molecule has 21 heavy (non-hydrogen) atoms. The maximum atomic E-state index is 5.84. The van der Waals surface area contributed by atoms with E-state index in [0.717, 1.165) is 35.7 Å². The molecule has 4 rings (SSSR count). The second kappa shape index (κ2) is 4.84. The van der Waals surface area contributed by atoms with Gasteiger partial charge in [-0.2, -0.15) is 0 Å². The fraction of sp³-hybridized carbons (Fsp3) is 0.312. The van der Waals surface area contributed by atoms with E-state index in [2.05, 4.69) is 43.9 Å². The van der Waals surface area contributed by atoms with Gasteiger partial charge in [0.1, 0.15) is 17.8 Å². The Balaban J connectivity index is 1.55. The van der Waals surface area contributed by atoms with Crippen molar-refractivity contribution in [3.8, 4) is 0 Å². The molecule has 5 nitrogen and oxygen atoms in total. The molecule has 3 heterocycles. The summed E-state index contributed by atoms with van der Waals surface area (Å²) >= 11 is 0. The number of hydrogen-bond donors (Lipinski definition) is 1. The van der Waals surface area contributed by atoms with Crippen LogP contribution in [0.1, 0.15) is 35.6 Å². The van der Waals surface area contributed by atoms with Crippen molar-refractivity contribution in [1.82, 2.24) is 19.4 Å². The van der Waals surface area contributed by atoms with Crippen LogP contribution in [-0.2, 0) is 12.8 Å². The Labute approximate surface area is 122 Å². The van der Waals surface area contributed by atoms with Crippen LogP contribution in [0.15, 0.2) is 37.1 Å². The predicted octanol–water partition coefficient (Wildman–Crippen LogP) is 2.37. The van der Waals surface area contributed by atoms with E-state index >= 15 is 0 Å². The molecule has 1 fully saturated rings. The highest BCUT2D eigenvalue weighted by molar-refractivity contribution is 5.43. The van der Waals surface area contributed by atoms with Gasteiger partial charge in [-0.15, -0.1) is 0 Å². The average molecular weight is 279 g/mol. The van der Waals surface area contributed by atoms with Gasteiger partial charge in [0.05, 0.1) is 5.69 Å². The van der Waals surface area contributed by atoms with E-state index in [1.807, 2.05) is 0 Å². The van der Waals surface area contributed by atoms with Crippen LogP contribution in [0, 0.1) is 0 Å². The van der Waals surface area contributed by atoms with Gasteiger partial charge in [-0.05, 0) is 43.2 Å². The van der Waals surface area contributed by atoms with E-state index in [1.165, 1.54) is 24.7 Å². The van der Waals surface area contributed by atoms with E-state index in [1.54, 1.807) is 6.20 Å². The highest BCUT2D eigenvalue weighted by Gasteiger charge is 2.23. The molecule has 0 bridgehead atoms. The van der Waals surface area contributed by atoms with Crippen molar-refractivity contribution in [2.75, 3.05) is 5.73 Å². The first-order valence-electron chi connectivity index (χ1n) is 7.31. The molecule has 0 amide bonds. The van der Waals surface area contributed by atoms with Crippen molar-refractivity contribution in [2.24, 2.45) is 0 Å². The first-order chi connectivity index (χ1) is 10.3. The summed E-state index contributed by atoms with van der Waals surface area (Å²) in [5.41, 5.74) is 10.3. The maximum absolute atomic E-state index is 5.84. The summed E-state index contributed by atoms with van der Waals surface area (Å²) in [7, 11) is 0. The molecule has 2 N–H and O–H groups in total. The lowest BCUT2D eigenvalue weighted by Gasteiger charge is -2.01. The third-order valence-corrected chi connectivity index (χ3v) is 4.05. The molecule has 1 aliphatic carbocycles. The third-order valence-electron chi connectivity index (χ3n) is 4.05. The number of nitrogens with two attached hydrogens (primary N) is 1. The van der Waals surface area contributed by atoms with Crippen LogP contribution in [0.3, 0.4) is 0 Å². The third kappa shape index (κ3) is 2.46. The van der Waals surface area contributed by atoms with Crippen LogP contribution in [0.2, 0.25) is 0 Å². The van der Waals surface area contributed by atoms with Crippen LogP contribution in [-0.4, -0.2) is 19.4 Å². The van der Waals surface area contributed by atoms with E-state index in [4.69, 9.17) is 5.73 Å². The molecule has 0 aromatic carbocycles. The molecule has 0 spiro atoms. The van der Waals surface area contributed by atoms with Crippen molar-refractivity contribution in [3.05, 3.63) is 53.9 Å². The molecule has 0 saturated heterocycles. The van der Waals surface area contributed by atoms with Crippen molar-refractivity contribution in [2.45, 2.75) is 31.6 Å². The standard InChI is InChI=1S/C16H17N5/c17-16-12(7-18-10-19-16)3-5-14-9-21-8-13(11-1-2-11)4-6-15(21)20-14/h4,6-11H,1-3,5H2,(H2,17,18,19). The van der Waals surface area contributed by atoms with Crippen molar-refractivity contribution >= 4 is 11.5 Å². The lowest BCUT2D eigenvalue weighted by molar-refractivity contribution is 0.911. The van der Waals surface area contributed by atoms with Crippen LogP contribution in [0.25, 0.3) is 5.65 Å². The Morgan fingerprint density at radius 3 is 2.90 bits per heavy atom. The molecule has 106 valence electrons. The number of aryl methyl sites for hydroxylation is 2. The zero-order valence-electron chi connectivity index (χ0n) is 11.7. The van der Waals surface area contributed by atoms with Crippen LogP contribution >= 0.6 is 0 Å². The average Bonchev–Trinajstić information content (AvgIpc) is 3.26. The normalized spacial score (nSPS) is 14.7. The molecule has 0 aliphatic heterocycles. The van der Waals surface area contributed by atoms with Gasteiger partial charge in [-0.25, -0.2) is 15.0 Å². The molecule has 1 saturated carbocycles. The molecular weight excluding hydrogens is 262 g/mol. The van der Waals surface area contributed by atoms with Crippen molar-refractivity contribution in [3.63, 3.8) is 0 Å². The molecule has 3 aromatic rings. The minimum absolute atomic E-state index is 0.560. The monoisotopic (exact) mass is 279 g/mol. The smallest absolute Gasteiger partial charge is 0.136 e. The maximum Gasteiger partial charge on any atom is 0.136 e. The zero-order valence-corrected chi connectivity index (χ0v) is 11.7. The quantitative estimate of drug-likeness (QED) is 0.796. The first-order valence-corrected chi connectivity index (χ1v) is 7.31. The summed E-state index contributed by atoms with van der Waals surface area (Å²) in [6.07, 6.45) is 11.9. The summed E-state index contributed by atoms with van der Waals surface area (Å²) in [4.78, 5) is 12.7. The second-order valence-electron chi connectivity index (χ2n) is 5.67. The van der Waals surface area contributed by atoms with E-state index in [9.17, 15) is 0 Å². The fourth-order valence-corrected chi connectivity index (χ4v) is 2.66. The number of anilines is 1. The number of rotatable bonds is 4. The number of imidazole rings is 1. The van der Waals surface area contributed by atoms with Gasteiger partial charge in [0.2, 0.25) is 0 Å². The Bertz CT molecular complexity index is 788. The van der Waals surface area contributed by atoms with Crippen LogP contribution in [0.4, 0.5) is 5.82 Å². The summed E-state index contributed by atoms with van der Waals surface area (Å²) < 4.78 is 2.13. The van der Waals surface area contributed by atoms with Gasteiger partial charge < -0.3 is 10.1 Å². The number of fused-ring (bicyclic) bond motifs is 1. The lowest BCUT2D eigenvalue weighted by Crippen LogP contribution is -2.00. The minimum atomic E-state index is 0.560. The summed E-state index contributed by atoms with van der Waals surface area (Å²) in [6, 6.07) is 4.31. The number of nitrogens with zero attached hydrogens (tertiary/aromatic N) is 4. The Hall–Kier alpha value is -2.43. The molecule has 3 aromatic heterocycles. The minimum Gasteiger partial charge on any atom is -0.383 e. The van der Waals surface area contributed by atoms with Crippen LogP contribution in [0.5, 0.6) is 0 Å². The summed E-state index contributed by atoms with van der Waals surface area (Å²) in [6.45, 7) is 0. The topological polar surface area (TPSA) is 69.1 Å². The van der Waals surface area contributed by atoms with Gasteiger partial charge in [0.15, 0.2) is 0 Å². The summed E-state index contributed by atoms with van der Waals surface area (Å²) in [5, 5.41) is 0. The van der Waals surface area contributed by atoms with Gasteiger partial charge in [-0.1, -0.05) is 6.07 Å². The van der Waals surface area contributed by atoms with Gasteiger partial charge in [-0.3, -0.25) is 0 Å². The van der Waals surface area contributed by atoms with E-state index < -0.39 is 0 Å². The van der Waals surface area contributed by atoms with Crippen molar-refractivity contribution in [1.29, 1.82) is 0 Å². The Morgan fingerprint density at radius 2 is 2.10 bits per heavy atom. The van der Waals surface area contributed by atoms with Gasteiger partial charge in [0, 0.05) is 24.2 Å². The second-order valence-corrected chi connectivity index (χ2v) is 5.67. The van der Waals surface area contributed by atoms with Gasteiger partial charge in [0.25, 0.3) is 0 Å². The number of pyridine rings is 1. The lowest BCUT2D eigenvalue weighted by atomic mass is 10.1. The Kier molecular flexibility index (Phi) is 2.84. The van der Waals surface area contributed by atoms with Crippen LogP contribution < -0.4 is 5.73 Å². The fourth-order valence-electron chi connectivity index (χ4n) is 2.66. The number of aromatic nitrogens is 4. The van der Waals surface area contributed by atoms with E-state index in [0.29, 0.717) is 5.82 Å². The molecule has 0 unspecified atom stereocenters.